The Hall–Kier alpha value is -3.78. The van der Waals surface area contributed by atoms with Gasteiger partial charge in [-0.25, -0.2) is 0 Å². The van der Waals surface area contributed by atoms with Gasteiger partial charge in [-0.3, -0.25) is 9.89 Å². The second-order valence-electron chi connectivity index (χ2n) is 7.97. The molecule has 0 bridgehead atoms. The van der Waals surface area contributed by atoms with E-state index >= 15 is 0 Å². The minimum Gasteiger partial charge on any atom is -0.507 e. The van der Waals surface area contributed by atoms with Crippen LogP contribution in [-0.4, -0.2) is 58.1 Å². The van der Waals surface area contributed by atoms with E-state index in [9.17, 15) is 15.0 Å². The number of methoxy groups -OCH3 is 1. The number of nitrogens with zero attached hydrogens (tertiary/aromatic N) is 2. The number of benzene rings is 2. The van der Waals surface area contributed by atoms with E-state index in [4.69, 9.17) is 9.47 Å². The van der Waals surface area contributed by atoms with Gasteiger partial charge in [-0.2, -0.15) is 5.10 Å². The van der Waals surface area contributed by atoms with Gasteiger partial charge in [0.1, 0.15) is 23.7 Å². The zero-order chi connectivity index (χ0) is 23.7. The van der Waals surface area contributed by atoms with Gasteiger partial charge < -0.3 is 24.6 Å². The maximum Gasteiger partial charge on any atom is 0.273 e. The molecule has 3 N–H and O–H groups in total. The fourth-order valence-corrected chi connectivity index (χ4v) is 4.45. The summed E-state index contributed by atoms with van der Waals surface area (Å²) in [6.45, 7) is 7.74. The molecule has 1 unspecified atom stereocenters. The number of aliphatic hydroxyl groups excluding tert-OH is 1. The summed E-state index contributed by atoms with van der Waals surface area (Å²) in [5, 5.41) is 27.7. The standard InChI is InChI=1S/C25H27N3O5/c1-5-10-33-18-7-6-16(13-19(18)32-4)24-21-22(20-15(3)11-14(2)12-17(20)30)26-27-23(21)25(31)28(24)8-9-29/h5-7,11-13,24,29-30H,1,8-10H2,2-4H3,(H,26,27). The Morgan fingerprint density at radius 1 is 1.24 bits per heavy atom. The lowest BCUT2D eigenvalue weighted by molar-refractivity contribution is 0.0706. The second-order valence-corrected chi connectivity index (χ2v) is 7.97. The number of β-amino-alcohol motifs (C(OH)–C–C–N with tert-alkyl or cyclic N) is 1. The van der Waals surface area contributed by atoms with Crippen LogP contribution in [0.2, 0.25) is 0 Å². The van der Waals surface area contributed by atoms with Crippen LogP contribution in [-0.2, 0) is 0 Å². The molecule has 0 saturated carbocycles. The van der Waals surface area contributed by atoms with Crippen molar-refractivity contribution in [1.82, 2.24) is 15.1 Å². The Morgan fingerprint density at radius 2 is 2.03 bits per heavy atom. The summed E-state index contributed by atoms with van der Waals surface area (Å²) in [5.74, 6) is 0.898. The predicted molar refractivity (Wildman–Crippen MR) is 124 cm³/mol. The lowest BCUT2D eigenvalue weighted by Gasteiger charge is -2.26. The van der Waals surface area contributed by atoms with Crippen molar-refractivity contribution in [2.24, 2.45) is 0 Å². The summed E-state index contributed by atoms with van der Waals surface area (Å²) in [5.41, 5.74) is 4.61. The number of aromatic hydroxyl groups is 1. The summed E-state index contributed by atoms with van der Waals surface area (Å²) in [6, 6.07) is 8.56. The number of amides is 1. The molecule has 0 saturated heterocycles. The van der Waals surface area contributed by atoms with Crippen molar-refractivity contribution in [2.75, 3.05) is 26.9 Å². The fourth-order valence-electron chi connectivity index (χ4n) is 4.45. The number of hydrogen-bond donors (Lipinski definition) is 3. The molecule has 1 aliphatic rings. The normalized spacial score (nSPS) is 15.0. The molecule has 8 nitrogen and oxygen atoms in total. The van der Waals surface area contributed by atoms with Crippen molar-refractivity contribution in [3.8, 4) is 28.5 Å². The molecular weight excluding hydrogens is 422 g/mol. The molecule has 2 aromatic carbocycles. The quantitative estimate of drug-likeness (QED) is 0.454. The summed E-state index contributed by atoms with van der Waals surface area (Å²) >= 11 is 0. The number of aromatic amines is 1. The summed E-state index contributed by atoms with van der Waals surface area (Å²) in [7, 11) is 1.55. The van der Waals surface area contributed by atoms with E-state index in [1.807, 2.05) is 32.0 Å². The van der Waals surface area contributed by atoms with E-state index in [-0.39, 0.29) is 24.8 Å². The molecule has 1 atom stereocenters. The summed E-state index contributed by atoms with van der Waals surface area (Å²) in [6.07, 6.45) is 1.65. The van der Waals surface area contributed by atoms with Crippen molar-refractivity contribution < 1.29 is 24.5 Å². The molecule has 1 amide bonds. The number of aromatic nitrogens is 2. The monoisotopic (exact) mass is 449 g/mol. The Labute approximate surface area is 192 Å². The van der Waals surface area contributed by atoms with Gasteiger partial charge in [-0.1, -0.05) is 24.8 Å². The molecule has 8 heteroatoms. The number of aliphatic hydroxyl groups is 1. The third kappa shape index (κ3) is 3.82. The zero-order valence-electron chi connectivity index (χ0n) is 18.9. The largest absolute Gasteiger partial charge is 0.507 e. The Morgan fingerprint density at radius 3 is 2.70 bits per heavy atom. The number of hydrogen-bond acceptors (Lipinski definition) is 6. The predicted octanol–water partition coefficient (Wildman–Crippen LogP) is 3.51. The van der Waals surface area contributed by atoms with Gasteiger partial charge in [0.2, 0.25) is 0 Å². The van der Waals surface area contributed by atoms with Crippen LogP contribution in [0.4, 0.5) is 0 Å². The lowest BCUT2D eigenvalue weighted by Crippen LogP contribution is -2.32. The topological polar surface area (TPSA) is 108 Å². The van der Waals surface area contributed by atoms with Gasteiger partial charge in [0.15, 0.2) is 11.5 Å². The number of nitrogens with one attached hydrogen (secondary N) is 1. The third-order valence-electron chi connectivity index (χ3n) is 5.76. The van der Waals surface area contributed by atoms with Crippen LogP contribution in [0.15, 0.2) is 43.0 Å². The Kier molecular flexibility index (Phi) is 6.11. The lowest BCUT2D eigenvalue weighted by atomic mass is 9.93. The first-order chi connectivity index (χ1) is 15.9. The minimum absolute atomic E-state index is 0.0966. The molecule has 1 aliphatic heterocycles. The number of H-pyrrole nitrogens is 1. The average molecular weight is 450 g/mol. The number of aryl methyl sites for hydroxylation is 2. The molecule has 33 heavy (non-hydrogen) atoms. The van der Waals surface area contributed by atoms with E-state index in [2.05, 4.69) is 16.8 Å². The number of fused-ring (bicyclic) bond motifs is 1. The highest BCUT2D eigenvalue weighted by Crippen LogP contribution is 2.46. The van der Waals surface area contributed by atoms with Crippen LogP contribution in [0, 0.1) is 13.8 Å². The van der Waals surface area contributed by atoms with Gasteiger partial charge in [-0.15, -0.1) is 0 Å². The van der Waals surface area contributed by atoms with Crippen LogP contribution in [0.1, 0.15) is 38.8 Å². The third-order valence-corrected chi connectivity index (χ3v) is 5.76. The number of carbonyl (C=O) groups excluding carboxylic acids is 1. The van der Waals surface area contributed by atoms with E-state index in [1.54, 1.807) is 30.2 Å². The summed E-state index contributed by atoms with van der Waals surface area (Å²) < 4.78 is 11.2. The zero-order valence-corrected chi connectivity index (χ0v) is 18.9. The highest BCUT2D eigenvalue weighted by Gasteiger charge is 2.42. The number of phenolic OH excluding ortho intramolecular Hbond substituents is 1. The SMILES string of the molecule is C=CCOc1ccc(C2c3c(-c4c(C)cc(C)cc4O)n[nH]c3C(=O)N2CCO)cc1OC. The van der Waals surface area contributed by atoms with Gasteiger partial charge in [0.05, 0.1) is 19.8 Å². The highest BCUT2D eigenvalue weighted by atomic mass is 16.5. The molecule has 0 spiro atoms. The maximum absolute atomic E-state index is 13.2. The van der Waals surface area contributed by atoms with E-state index < -0.39 is 6.04 Å². The van der Waals surface area contributed by atoms with Crippen LogP contribution in [0.5, 0.6) is 17.2 Å². The van der Waals surface area contributed by atoms with Crippen molar-refractivity contribution in [3.05, 3.63) is 70.9 Å². The minimum atomic E-state index is -0.532. The van der Waals surface area contributed by atoms with Crippen molar-refractivity contribution in [2.45, 2.75) is 19.9 Å². The van der Waals surface area contributed by atoms with Gasteiger partial charge in [0, 0.05) is 17.7 Å². The van der Waals surface area contributed by atoms with E-state index in [1.165, 1.54) is 0 Å². The van der Waals surface area contributed by atoms with Crippen LogP contribution in [0.3, 0.4) is 0 Å². The van der Waals surface area contributed by atoms with E-state index in [0.29, 0.717) is 40.6 Å². The molecule has 2 heterocycles. The van der Waals surface area contributed by atoms with E-state index in [0.717, 1.165) is 16.7 Å². The maximum atomic E-state index is 13.2. The smallest absolute Gasteiger partial charge is 0.273 e. The second kappa shape index (κ2) is 8.99. The molecule has 3 aromatic rings. The number of phenols is 1. The first-order valence-corrected chi connectivity index (χ1v) is 10.6. The Balaban J connectivity index is 1.89. The van der Waals surface area contributed by atoms with Crippen molar-refractivity contribution in [3.63, 3.8) is 0 Å². The molecule has 0 radical (unpaired) electrons. The molecule has 1 aromatic heterocycles. The van der Waals surface area contributed by atoms with Gasteiger partial charge in [0.25, 0.3) is 5.91 Å². The van der Waals surface area contributed by atoms with Crippen LogP contribution >= 0.6 is 0 Å². The number of carbonyl (C=O) groups is 1. The average Bonchev–Trinajstić information content (AvgIpc) is 3.31. The molecule has 0 aliphatic carbocycles. The molecular formula is C25H27N3O5. The van der Waals surface area contributed by atoms with Gasteiger partial charge in [-0.05, 0) is 48.7 Å². The molecule has 4 rings (SSSR count). The van der Waals surface area contributed by atoms with Crippen molar-refractivity contribution >= 4 is 5.91 Å². The first-order valence-electron chi connectivity index (χ1n) is 10.6. The number of ether oxygens (including phenoxy) is 2. The number of rotatable bonds is 8. The molecule has 0 fully saturated rings. The van der Waals surface area contributed by atoms with Crippen LogP contribution < -0.4 is 9.47 Å². The Bertz CT molecular complexity index is 1190. The first kappa shape index (κ1) is 22.4. The highest BCUT2D eigenvalue weighted by molar-refractivity contribution is 6.00. The van der Waals surface area contributed by atoms with Crippen molar-refractivity contribution in [1.29, 1.82) is 0 Å². The molecule has 172 valence electrons. The van der Waals surface area contributed by atoms with Gasteiger partial charge >= 0.3 is 0 Å². The fraction of sp³-hybridized carbons (Fsp3) is 0.280. The van der Waals surface area contributed by atoms with Crippen LogP contribution in [0.25, 0.3) is 11.3 Å². The summed E-state index contributed by atoms with van der Waals surface area (Å²) in [4.78, 5) is 14.8.